The van der Waals surface area contributed by atoms with Crippen molar-refractivity contribution < 1.29 is 14.6 Å². The Bertz CT molecular complexity index is 667. The van der Waals surface area contributed by atoms with Gasteiger partial charge in [0, 0.05) is 35.5 Å². The first-order chi connectivity index (χ1) is 11.5. The van der Waals surface area contributed by atoms with Crippen LogP contribution >= 0.6 is 11.3 Å². The van der Waals surface area contributed by atoms with Crippen molar-refractivity contribution in [3.05, 3.63) is 45.6 Å². The normalized spacial score (nSPS) is 17.7. The summed E-state index contributed by atoms with van der Waals surface area (Å²) in [6, 6.07) is 10.0. The number of aliphatic hydroxyl groups is 1. The van der Waals surface area contributed by atoms with Gasteiger partial charge in [0.2, 0.25) is 0 Å². The van der Waals surface area contributed by atoms with Gasteiger partial charge in [0.1, 0.15) is 11.5 Å². The number of hydrogen-bond donors (Lipinski definition) is 1. The highest BCUT2D eigenvalue weighted by atomic mass is 32.1. The van der Waals surface area contributed by atoms with Gasteiger partial charge in [-0.25, -0.2) is 0 Å². The standard InChI is InChI=1S/C19H25NO3S/c1-14-4-5-18(24-14)13-20-8-6-19(21,7-9-20)15-10-16(22-2)12-17(11-15)23-3/h4-5,10-12,21H,6-9,13H2,1-3H3. The summed E-state index contributed by atoms with van der Waals surface area (Å²) in [4.78, 5) is 5.15. The molecule has 4 nitrogen and oxygen atoms in total. The molecule has 1 aromatic carbocycles. The van der Waals surface area contributed by atoms with E-state index in [4.69, 9.17) is 9.47 Å². The number of thiophene rings is 1. The Morgan fingerprint density at radius 2 is 1.71 bits per heavy atom. The Labute approximate surface area is 147 Å². The van der Waals surface area contributed by atoms with Crippen LogP contribution in [0.1, 0.15) is 28.2 Å². The van der Waals surface area contributed by atoms with E-state index < -0.39 is 5.60 Å². The molecule has 1 saturated heterocycles. The minimum atomic E-state index is -0.816. The maximum atomic E-state index is 11.1. The van der Waals surface area contributed by atoms with Crippen LogP contribution in [0.25, 0.3) is 0 Å². The Morgan fingerprint density at radius 1 is 1.08 bits per heavy atom. The SMILES string of the molecule is COc1cc(OC)cc(C2(O)CCN(Cc3ccc(C)s3)CC2)c1. The molecule has 0 unspecified atom stereocenters. The van der Waals surface area contributed by atoms with E-state index in [0.29, 0.717) is 24.3 Å². The minimum absolute atomic E-state index is 0.716. The fourth-order valence-corrected chi connectivity index (χ4v) is 4.17. The predicted octanol–water partition coefficient (Wildman–Crippen LogP) is 3.56. The summed E-state index contributed by atoms with van der Waals surface area (Å²) >= 11 is 1.85. The van der Waals surface area contributed by atoms with Gasteiger partial charge in [0.05, 0.1) is 19.8 Å². The molecule has 2 aromatic rings. The molecule has 3 rings (SSSR count). The van der Waals surface area contributed by atoms with Gasteiger partial charge in [0.25, 0.3) is 0 Å². The molecule has 1 aromatic heterocycles. The van der Waals surface area contributed by atoms with Crippen LogP contribution in [-0.2, 0) is 12.1 Å². The molecule has 1 fully saturated rings. The first kappa shape index (κ1) is 17.3. The number of piperidine rings is 1. The smallest absolute Gasteiger partial charge is 0.122 e. The van der Waals surface area contributed by atoms with E-state index in [9.17, 15) is 5.11 Å². The van der Waals surface area contributed by atoms with Gasteiger partial charge in [-0.2, -0.15) is 0 Å². The van der Waals surface area contributed by atoms with Crippen LogP contribution in [0.4, 0.5) is 0 Å². The quantitative estimate of drug-likeness (QED) is 0.898. The maximum Gasteiger partial charge on any atom is 0.122 e. The van der Waals surface area contributed by atoms with Crippen LogP contribution in [-0.4, -0.2) is 37.3 Å². The number of ether oxygens (including phenoxy) is 2. The minimum Gasteiger partial charge on any atom is -0.497 e. The predicted molar refractivity (Wildman–Crippen MR) is 97.0 cm³/mol. The molecule has 0 saturated carbocycles. The van der Waals surface area contributed by atoms with Gasteiger partial charge < -0.3 is 14.6 Å². The molecule has 24 heavy (non-hydrogen) atoms. The van der Waals surface area contributed by atoms with Crippen LogP contribution in [0, 0.1) is 6.92 Å². The summed E-state index contributed by atoms with van der Waals surface area (Å²) in [5, 5.41) is 11.1. The molecule has 0 radical (unpaired) electrons. The summed E-state index contributed by atoms with van der Waals surface area (Å²) < 4.78 is 10.7. The topological polar surface area (TPSA) is 41.9 Å². The number of rotatable bonds is 5. The molecule has 1 aliphatic rings. The zero-order valence-corrected chi connectivity index (χ0v) is 15.4. The van der Waals surface area contributed by atoms with Gasteiger partial charge in [-0.15, -0.1) is 11.3 Å². The van der Waals surface area contributed by atoms with Gasteiger partial charge in [0.15, 0.2) is 0 Å². The van der Waals surface area contributed by atoms with E-state index in [1.165, 1.54) is 9.75 Å². The molecular weight excluding hydrogens is 322 g/mol. The van der Waals surface area contributed by atoms with Gasteiger partial charge in [-0.05, 0) is 49.6 Å². The molecule has 130 valence electrons. The van der Waals surface area contributed by atoms with Crippen molar-refractivity contribution in [1.82, 2.24) is 4.90 Å². The second-order valence-electron chi connectivity index (χ2n) is 6.42. The highest BCUT2D eigenvalue weighted by Gasteiger charge is 2.34. The second-order valence-corrected chi connectivity index (χ2v) is 7.79. The third-order valence-corrected chi connectivity index (χ3v) is 5.73. The fraction of sp³-hybridized carbons (Fsp3) is 0.474. The average molecular weight is 347 g/mol. The molecule has 1 aliphatic heterocycles. The second kappa shape index (κ2) is 7.13. The number of nitrogens with zero attached hydrogens (tertiary/aromatic N) is 1. The number of benzene rings is 1. The van der Waals surface area contributed by atoms with Crippen LogP contribution in [0.2, 0.25) is 0 Å². The summed E-state index contributed by atoms with van der Waals surface area (Å²) in [6.45, 7) is 4.87. The number of likely N-dealkylation sites (tertiary alicyclic amines) is 1. The lowest BCUT2D eigenvalue weighted by atomic mass is 9.84. The molecule has 5 heteroatoms. The van der Waals surface area contributed by atoms with Crippen LogP contribution < -0.4 is 9.47 Å². The molecule has 0 amide bonds. The van der Waals surface area contributed by atoms with Crippen molar-refractivity contribution >= 4 is 11.3 Å². The lowest BCUT2D eigenvalue weighted by Crippen LogP contribution is -2.42. The van der Waals surface area contributed by atoms with Crippen molar-refractivity contribution in [3.63, 3.8) is 0 Å². The van der Waals surface area contributed by atoms with E-state index >= 15 is 0 Å². The molecule has 0 bridgehead atoms. The van der Waals surface area contributed by atoms with Crippen molar-refractivity contribution in [3.8, 4) is 11.5 Å². The van der Waals surface area contributed by atoms with Crippen molar-refractivity contribution in [2.45, 2.75) is 31.9 Å². The third-order valence-electron chi connectivity index (χ3n) is 4.75. The van der Waals surface area contributed by atoms with Crippen LogP contribution in [0.5, 0.6) is 11.5 Å². The van der Waals surface area contributed by atoms with Crippen LogP contribution in [0.3, 0.4) is 0 Å². The molecule has 0 aliphatic carbocycles. The summed E-state index contributed by atoms with van der Waals surface area (Å²) in [5.74, 6) is 1.43. The highest BCUT2D eigenvalue weighted by Crippen LogP contribution is 2.37. The van der Waals surface area contributed by atoms with Crippen molar-refractivity contribution in [1.29, 1.82) is 0 Å². The monoisotopic (exact) mass is 347 g/mol. The van der Waals surface area contributed by atoms with Gasteiger partial charge >= 0.3 is 0 Å². The Hall–Kier alpha value is -1.56. The zero-order chi connectivity index (χ0) is 17.2. The largest absolute Gasteiger partial charge is 0.497 e. The third kappa shape index (κ3) is 3.74. The lowest BCUT2D eigenvalue weighted by Gasteiger charge is -2.38. The van der Waals surface area contributed by atoms with E-state index in [1.54, 1.807) is 14.2 Å². The van der Waals surface area contributed by atoms with Crippen LogP contribution in [0.15, 0.2) is 30.3 Å². The van der Waals surface area contributed by atoms with E-state index in [1.807, 2.05) is 29.5 Å². The lowest BCUT2D eigenvalue weighted by molar-refractivity contribution is -0.0277. The molecular formula is C19H25NO3S. The van der Waals surface area contributed by atoms with E-state index in [0.717, 1.165) is 25.2 Å². The average Bonchev–Trinajstić information content (AvgIpc) is 3.01. The van der Waals surface area contributed by atoms with E-state index in [-0.39, 0.29) is 0 Å². The Kier molecular flexibility index (Phi) is 5.13. The maximum absolute atomic E-state index is 11.1. The number of aryl methyl sites for hydroxylation is 1. The molecule has 0 spiro atoms. The first-order valence-electron chi connectivity index (χ1n) is 8.26. The highest BCUT2D eigenvalue weighted by molar-refractivity contribution is 7.11. The molecule has 1 N–H and O–H groups in total. The van der Waals surface area contributed by atoms with E-state index in [2.05, 4.69) is 24.0 Å². The van der Waals surface area contributed by atoms with Gasteiger partial charge in [-0.3, -0.25) is 4.90 Å². The Morgan fingerprint density at radius 3 is 2.21 bits per heavy atom. The Balaban J connectivity index is 1.70. The summed E-state index contributed by atoms with van der Waals surface area (Å²) in [5.41, 5.74) is 0.0641. The molecule has 0 atom stereocenters. The van der Waals surface area contributed by atoms with Crippen molar-refractivity contribution in [2.75, 3.05) is 27.3 Å². The number of methoxy groups -OCH3 is 2. The van der Waals surface area contributed by atoms with Crippen molar-refractivity contribution in [2.24, 2.45) is 0 Å². The summed E-state index contributed by atoms with van der Waals surface area (Å²) in [6.07, 6.45) is 1.43. The number of hydrogen-bond acceptors (Lipinski definition) is 5. The zero-order valence-electron chi connectivity index (χ0n) is 14.5. The fourth-order valence-electron chi connectivity index (χ4n) is 3.24. The first-order valence-corrected chi connectivity index (χ1v) is 9.08. The van der Waals surface area contributed by atoms with Gasteiger partial charge in [-0.1, -0.05) is 0 Å². The summed E-state index contributed by atoms with van der Waals surface area (Å²) in [7, 11) is 3.27. The molecule has 2 heterocycles.